The summed E-state index contributed by atoms with van der Waals surface area (Å²) in [6.45, 7) is 4.59. The lowest BCUT2D eigenvalue weighted by atomic mass is 10.1. The first-order valence-corrected chi connectivity index (χ1v) is 11.8. The summed E-state index contributed by atoms with van der Waals surface area (Å²) in [6, 6.07) is 21.8. The number of halogens is 1. The van der Waals surface area contributed by atoms with Gasteiger partial charge in [-0.1, -0.05) is 60.3 Å². The van der Waals surface area contributed by atoms with E-state index in [-0.39, 0.29) is 24.1 Å². The van der Waals surface area contributed by atoms with Gasteiger partial charge in [-0.25, -0.2) is 4.39 Å². The third-order valence-corrected chi connectivity index (χ3v) is 6.13. The van der Waals surface area contributed by atoms with Crippen LogP contribution < -0.4 is 10.1 Å². The van der Waals surface area contributed by atoms with E-state index >= 15 is 0 Å². The second kappa shape index (κ2) is 11.0. The number of para-hydroxylation sites is 2. The second-order valence-electron chi connectivity index (χ2n) is 7.77. The summed E-state index contributed by atoms with van der Waals surface area (Å²) in [6.07, 6.45) is 0. The molecule has 0 saturated carbocycles. The fraction of sp³-hybridized carbons (Fsp3) is 0.192. The first-order valence-electron chi connectivity index (χ1n) is 10.8. The number of nitrogens with zero attached hydrogens (tertiary/aromatic N) is 3. The number of benzene rings is 3. The van der Waals surface area contributed by atoms with Gasteiger partial charge in [0.15, 0.2) is 11.0 Å². The molecule has 0 bridgehead atoms. The molecule has 0 aliphatic rings. The van der Waals surface area contributed by atoms with Gasteiger partial charge in [0.2, 0.25) is 5.91 Å². The van der Waals surface area contributed by atoms with E-state index < -0.39 is 0 Å². The summed E-state index contributed by atoms with van der Waals surface area (Å²) >= 11 is 1.30. The van der Waals surface area contributed by atoms with Crippen molar-refractivity contribution in [3.05, 3.63) is 101 Å². The molecular weight excluding hydrogens is 451 g/mol. The van der Waals surface area contributed by atoms with Gasteiger partial charge in [-0.15, -0.1) is 10.2 Å². The summed E-state index contributed by atoms with van der Waals surface area (Å²) in [5.74, 6) is 1.19. The van der Waals surface area contributed by atoms with E-state index in [0.717, 1.165) is 28.1 Å². The van der Waals surface area contributed by atoms with E-state index in [9.17, 15) is 9.18 Å². The minimum atomic E-state index is -0.303. The summed E-state index contributed by atoms with van der Waals surface area (Å²) < 4.78 is 21.1. The van der Waals surface area contributed by atoms with Crippen LogP contribution in [0.1, 0.15) is 22.5 Å². The lowest BCUT2D eigenvalue weighted by Crippen LogP contribution is -2.24. The number of rotatable bonds is 9. The third kappa shape index (κ3) is 5.82. The average Bonchev–Trinajstić information content (AvgIpc) is 3.25. The average molecular weight is 477 g/mol. The first kappa shape index (κ1) is 23.5. The van der Waals surface area contributed by atoms with Crippen LogP contribution in [0.5, 0.6) is 5.75 Å². The summed E-state index contributed by atoms with van der Waals surface area (Å²) in [7, 11) is 0. The van der Waals surface area contributed by atoms with Crippen molar-refractivity contribution >= 4 is 17.7 Å². The SMILES string of the molecule is Cc1cccc(C)c1OCc1nnc(SCC(=O)NCc2ccc(F)cc2)n1-c1ccccc1. The number of nitrogens with one attached hydrogen (secondary N) is 1. The minimum absolute atomic E-state index is 0.148. The molecule has 8 heteroatoms. The van der Waals surface area contributed by atoms with Crippen molar-refractivity contribution < 1.29 is 13.9 Å². The third-order valence-electron chi connectivity index (χ3n) is 5.20. The molecule has 6 nitrogen and oxygen atoms in total. The zero-order valence-electron chi connectivity index (χ0n) is 19.0. The van der Waals surface area contributed by atoms with Gasteiger partial charge in [0.25, 0.3) is 0 Å². The molecule has 1 N–H and O–H groups in total. The number of thioether (sulfide) groups is 1. The molecule has 34 heavy (non-hydrogen) atoms. The largest absolute Gasteiger partial charge is 0.485 e. The summed E-state index contributed by atoms with van der Waals surface area (Å²) in [4.78, 5) is 12.4. The molecule has 0 radical (unpaired) electrons. The highest BCUT2D eigenvalue weighted by Crippen LogP contribution is 2.26. The van der Waals surface area contributed by atoms with Crippen molar-refractivity contribution in [2.45, 2.75) is 32.2 Å². The highest BCUT2D eigenvalue weighted by Gasteiger charge is 2.17. The Morgan fingerprint density at radius 2 is 1.68 bits per heavy atom. The minimum Gasteiger partial charge on any atom is -0.485 e. The van der Waals surface area contributed by atoms with Crippen molar-refractivity contribution in [2.24, 2.45) is 0 Å². The summed E-state index contributed by atoms with van der Waals surface area (Å²) in [5, 5.41) is 12.1. The van der Waals surface area contributed by atoms with Gasteiger partial charge in [-0.2, -0.15) is 0 Å². The Morgan fingerprint density at radius 3 is 2.38 bits per heavy atom. The highest BCUT2D eigenvalue weighted by atomic mass is 32.2. The monoisotopic (exact) mass is 476 g/mol. The normalized spacial score (nSPS) is 10.8. The Kier molecular flexibility index (Phi) is 7.59. The number of ether oxygens (including phenoxy) is 1. The molecule has 0 aliphatic heterocycles. The number of amides is 1. The fourth-order valence-electron chi connectivity index (χ4n) is 3.47. The van der Waals surface area contributed by atoms with Crippen LogP contribution in [0, 0.1) is 19.7 Å². The maximum atomic E-state index is 13.0. The zero-order chi connectivity index (χ0) is 23.9. The second-order valence-corrected chi connectivity index (χ2v) is 8.71. The van der Waals surface area contributed by atoms with Crippen LogP contribution in [0.15, 0.2) is 78.0 Å². The maximum absolute atomic E-state index is 13.0. The Labute approximate surface area is 202 Å². The van der Waals surface area contributed by atoms with Gasteiger partial charge >= 0.3 is 0 Å². The molecule has 0 fully saturated rings. The Hall–Kier alpha value is -3.65. The van der Waals surface area contributed by atoms with Crippen LogP contribution in [-0.4, -0.2) is 26.4 Å². The molecule has 3 aromatic carbocycles. The molecule has 0 spiro atoms. The van der Waals surface area contributed by atoms with E-state index in [2.05, 4.69) is 15.5 Å². The lowest BCUT2D eigenvalue weighted by molar-refractivity contribution is -0.118. The Morgan fingerprint density at radius 1 is 0.971 bits per heavy atom. The molecule has 174 valence electrons. The standard InChI is InChI=1S/C26H25FN4O2S/c1-18-7-6-8-19(2)25(18)33-16-23-29-30-26(31(23)22-9-4-3-5-10-22)34-17-24(32)28-15-20-11-13-21(27)14-12-20/h3-14H,15-17H2,1-2H3,(H,28,32). The van der Waals surface area contributed by atoms with Crippen LogP contribution in [-0.2, 0) is 17.9 Å². The molecule has 4 aromatic rings. The van der Waals surface area contributed by atoms with E-state index in [1.54, 1.807) is 12.1 Å². The van der Waals surface area contributed by atoms with Gasteiger partial charge in [-0.3, -0.25) is 9.36 Å². The van der Waals surface area contributed by atoms with Crippen molar-refractivity contribution in [2.75, 3.05) is 5.75 Å². The van der Waals surface area contributed by atoms with Crippen LogP contribution in [0.2, 0.25) is 0 Å². The van der Waals surface area contributed by atoms with Crippen molar-refractivity contribution in [1.82, 2.24) is 20.1 Å². The smallest absolute Gasteiger partial charge is 0.230 e. The molecular formula is C26H25FN4O2S. The van der Waals surface area contributed by atoms with E-state index in [1.807, 2.05) is 66.9 Å². The van der Waals surface area contributed by atoms with Crippen LogP contribution >= 0.6 is 11.8 Å². The van der Waals surface area contributed by atoms with Gasteiger partial charge in [0.05, 0.1) is 5.75 Å². The van der Waals surface area contributed by atoms with E-state index in [0.29, 0.717) is 17.5 Å². The van der Waals surface area contributed by atoms with Gasteiger partial charge in [0, 0.05) is 12.2 Å². The summed E-state index contributed by atoms with van der Waals surface area (Å²) in [5.41, 5.74) is 3.83. The van der Waals surface area contributed by atoms with Crippen LogP contribution in [0.3, 0.4) is 0 Å². The van der Waals surface area contributed by atoms with Gasteiger partial charge < -0.3 is 10.1 Å². The van der Waals surface area contributed by atoms with Crippen molar-refractivity contribution in [3.8, 4) is 11.4 Å². The quantitative estimate of drug-likeness (QED) is 0.344. The molecule has 0 aliphatic carbocycles. The molecule has 0 atom stereocenters. The fourth-order valence-corrected chi connectivity index (χ4v) is 4.27. The lowest BCUT2D eigenvalue weighted by Gasteiger charge is -2.13. The maximum Gasteiger partial charge on any atom is 0.230 e. The number of carbonyl (C=O) groups excluding carboxylic acids is 1. The first-order chi connectivity index (χ1) is 16.5. The van der Waals surface area contributed by atoms with E-state index in [4.69, 9.17) is 4.74 Å². The number of aromatic nitrogens is 3. The predicted molar refractivity (Wildman–Crippen MR) is 131 cm³/mol. The zero-order valence-corrected chi connectivity index (χ0v) is 19.8. The van der Waals surface area contributed by atoms with E-state index in [1.165, 1.54) is 23.9 Å². The van der Waals surface area contributed by atoms with Gasteiger partial charge in [-0.05, 0) is 54.8 Å². The molecule has 1 aromatic heterocycles. The highest BCUT2D eigenvalue weighted by molar-refractivity contribution is 7.99. The number of aryl methyl sites for hydroxylation is 2. The molecule has 0 unspecified atom stereocenters. The molecule has 4 rings (SSSR count). The predicted octanol–water partition coefficient (Wildman–Crippen LogP) is 5.01. The van der Waals surface area contributed by atoms with Crippen LogP contribution in [0.25, 0.3) is 5.69 Å². The van der Waals surface area contributed by atoms with Crippen molar-refractivity contribution in [3.63, 3.8) is 0 Å². The number of hydrogen-bond acceptors (Lipinski definition) is 5. The Bertz CT molecular complexity index is 1240. The molecule has 1 heterocycles. The van der Waals surface area contributed by atoms with Gasteiger partial charge in [0.1, 0.15) is 18.2 Å². The number of carbonyl (C=O) groups is 1. The Balaban J connectivity index is 1.46. The van der Waals surface area contributed by atoms with Crippen molar-refractivity contribution in [1.29, 1.82) is 0 Å². The topological polar surface area (TPSA) is 69.0 Å². The molecule has 1 amide bonds. The number of hydrogen-bond donors (Lipinski definition) is 1. The molecule has 0 saturated heterocycles. The van der Waals surface area contributed by atoms with Crippen LogP contribution in [0.4, 0.5) is 4.39 Å².